The Hall–Kier alpha value is -4.19. The Kier molecular flexibility index (Phi) is 7.73. The molecule has 0 aliphatic carbocycles. The van der Waals surface area contributed by atoms with Crippen LogP contribution in [0.2, 0.25) is 0 Å². The molecular formula is C29H30N4O2. The standard InChI is InChI=1S/C29H30N4O2/c1-21-8-12-25(13-9-21)28(32-22(2)34)18-29(35)30-19-26-6-3-4-7-27(26)24-14-10-23(11-15-24)20-33-17-5-16-31-33/h3-17,28H,18-20H2,1-2H3,(H,30,35)(H,32,34). The number of aryl methyl sites for hydroxylation is 1. The highest BCUT2D eigenvalue weighted by molar-refractivity contribution is 5.79. The Morgan fingerprint density at radius 1 is 0.943 bits per heavy atom. The van der Waals surface area contributed by atoms with Crippen LogP contribution in [-0.2, 0) is 22.7 Å². The van der Waals surface area contributed by atoms with Crippen molar-refractivity contribution in [2.75, 3.05) is 0 Å². The monoisotopic (exact) mass is 466 g/mol. The molecule has 6 heteroatoms. The second-order valence-corrected chi connectivity index (χ2v) is 8.70. The van der Waals surface area contributed by atoms with Gasteiger partial charge in [0.05, 0.1) is 19.0 Å². The number of aromatic nitrogens is 2. The van der Waals surface area contributed by atoms with Crippen molar-refractivity contribution >= 4 is 11.8 Å². The summed E-state index contributed by atoms with van der Waals surface area (Å²) in [6, 6.07) is 25.9. The van der Waals surface area contributed by atoms with Crippen LogP contribution in [0.4, 0.5) is 0 Å². The Morgan fingerprint density at radius 3 is 2.37 bits per heavy atom. The van der Waals surface area contributed by atoms with Crippen LogP contribution in [0, 0.1) is 6.92 Å². The van der Waals surface area contributed by atoms with Gasteiger partial charge in [0.2, 0.25) is 11.8 Å². The minimum Gasteiger partial charge on any atom is -0.352 e. The van der Waals surface area contributed by atoms with Gasteiger partial charge >= 0.3 is 0 Å². The van der Waals surface area contributed by atoms with Gasteiger partial charge < -0.3 is 10.6 Å². The van der Waals surface area contributed by atoms with E-state index >= 15 is 0 Å². The van der Waals surface area contributed by atoms with Crippen LogP contribution in [0.5, 0.6) is 0 Å². The molecule has 0 saturated heterocycles. The molecule has 178 valence electrons. The molecule has 4 rings (SSSR count). The molecule has 6 nitrogen and oxygen atoms in total. The molecular weight excluding hydrogens is 436 g/mol. The Balaban J connectivity index is 1.42. The molecule has 4 aromatic rings. The van der Waals surface area contributed by atoms with Crippen LogP contribution in [0.1, 0.15) is 41.6 Å². The molecule has 1 heterocycles. The number of hydrogen-bond acceptors (Lipinski definition) is 3. The highest BCUT2D eigenvalue weighted by Crippen LogP contribution is 2.25. The largest absolute Gasteiger partial charge is 0.352 e. The van der Waals surface area contributed by atoms with E-state index in [0.29, 0.717) is 6.54 Å². The average molecular weight is 467 g/mol. The predicted molar refractivity (Wildman–Crippen MR) is 137 cm³/mol. The molecule has 1 unspecified atom stereocenters. The van der Waals surface area contributed by atoms with E-state index in [1.807, 2.05) is 66.3 Å². The molecule has 0 radical (unpaired) electrons. The molecule has 0 fully saturated rings. The lowest BCUT2D eigenvalue weighted by Crippen LogP contribution is -2.32. The van der Waals surface area contributed by atoms with Crippen LogP contribution in [0.3, 0.4) is 0 Å². The number of carbonyl (C=O) groups excluding carboxylic acids is 2. The molecule has 2 N–H and O–H groups in total. The van der Waals surface area contributed by atoms with Crippen LogP contribution in [-0.4, -0.2) is 21.6 Å². The summed E-state index contributed by atoms with van der Waals surface area (Å²) in [7, 11) is 0. The SMILES string of the molecule is CC(=O)NC(CC(=O)NCc1ccccc1-c1ccc(Cn2cccn2)cc1)c1ccc(C)cc1. The van der Waals surface area contributed by atoms with E-state index in [1.54, 1.807) is 6.20 Å². The first-order chi connectivity index (χ1) is 17.0. The number of hydrogen-bond donors (Lipinski definition) is 2. The van der Waals surface area contributed by atoms with Crippen molar-refractivity contribution in [2.45, 2.75) is 39.4 Å². The minimum absolute atomic E-state index is 0.117. The van der Waals surface area contributed by atoms with Gasteiger partial charge in [-0.2, -0.15) is 5.10 Å². The zero-order valence-electron chi connectivity index (χ0n) is 20.1. The summed E-state index contributed by atoms with van der Waals surface area (Å²) in [6.07, 6.45) is 3.90. The molecule has 0 aliphatic rings. The summed E-state index contributed by atoms with van der Waals surface area (Å²) < 4.78 is 1.89. The lowest BCUT2D eigenvalue weighted by molar-refractivity contribution is -0.122. The van der Waals surface area contributed by atoms with Gasteiger partial charge in [-0.1, -0.05) is 78.4 Å². The normalized spacial score (nSPS) is 11.6. The quantitative estimate of drug-likeness (QED) is 0.372. The molecule has 1 aromatic heterocycles. The molecule has 0 spiro atoms. The van der Waals surface area contributed by atoms with Gasteiger partial charge in [0.1, 0.15) is 0 Å². The molecule has 1 atom stereocenters. The number of rotatable bonds is 9. The molecule has 0 saturated carbocycles. The maximum absolute atomic E-state index is 12.8. The fraction of sp³-hybridized carbons (Fsp3) is 0.207. The fourth-order valence-corrected chi connectivity index (χ4v) is 4.07. The summed E-state index contributed by atoms with van der Waals surface area (Å²) in [6.45, 7) is 4.61. The van der Waals surface area contributed by atoms with Crippen molar-refractivity contribution < 1.29 is 9.59 Å². The third-order valence-corrected chi connectivity index (χ3v) is 5.91. The van der Waals surface area contributed by atoms with Crippen molar-refractivity contribution in [2.24, 2.45) is 0 Å². The first kappa shape index (κ1) is 24.0. The van der Waals surface area contributed by atoms with E-state index in [0.717, 1.165) is 34.4 Å². The lowest BCUT2D eigenvalue weighted by atomic mass is 9.98. The first-order valence-corrected chi connectivity index (χ1v) is 11.7. The first-order valence-electron chi connectivity index (χ1n) is 11.7. The zero-order valence-corrected chi connectivity index (χ0v) is 20.1. The van der Waals surface area contributed by atoms with Crippen molar-refractivity contribution in [3.8, 4) is 11.1 Å². The van der Waals surface area contributed by atoms with Crippen LogP contribution >= 0.6 is 0 Å². The van der Waals surface area contributed by atoms with Gasteiger partial charge in [-0.05, 0) is 40.8 Å². The number of amides is 2. The zero-order chi connectivity index (χ0) is 24.6. The Morgan fingerprint density at radius 2 is 1.69 bits per heavy atom. The molecule has 0 bridgehead atoms. The maximum atomic E-state index is 12.8. The van der Waals surface area contributed by atoms with Crippen molar-refractivity contribution in [3.05, 3.63) is 114 Å². The number of nitrogens with one attached hydrogen (secondary N) is 2. The van der Waals surface area contributed by atoms with Gasteiger partial charge in [-0.3, -0.25) is 14.3 Å². The topological polar surface area (TPSA) is 76.0 Å². The lowest BCUT2D eigenvalue weighted by Gasteiger charge is -2.19. The number of carbonyl (C=O) groups is 2. The predicted octanol–water partition coefficient (Wildman–Crippen LogP) is 4.79. The summed E-state index contributed by atoms with van der Waals surface area (Å²) in [5.41, 5.74) is 6.42. The van der Waals surface area contributed by atoms with E-state index in [2.05, 4.69) is 46.1 Å². The van der Waals surface area contributed by atoms with Crippen molar-refractivity contribution in [1.82, 2.24) is 20.4 Å². The van der Waals surface area contributed by atoms with E-state index in [1.165, 1.54) is 12.5 Å². The third-order valence-electron chi connectivity index (χ3n) is 5.91. The number of nitrogens with zero attached hydrogens (tertiary/aromatic N) is 2. The van der Waals surface area contributed by atoms with E-state index in [-0.39, 0.29) is 24.3 Å². The molecule has 3 aromatic carbocycles. The third kappa shape index (κ3) is 6.67. The van der Waals surface area contributed by atoms with Gasteiger partial charge in [0, 0.05) is 25.9 Å². The van der Waals surface area contributed by atoms with Gasteiger partial charge in [0.25, 0.3) is 0 Å². The maximum Gasteiger partial charge on any atom is 0.222 e. The summed E-state index contributed by atoms with van der Waals surface area (Å²) in [5.74, 6) is -0.279. The fourth-order valence-electron chi connectivity index (χ4n) is 4.07. The van der Waals surface area contributed by atoms with Crippen molar-refractivity contribution in [3.63, 3.8) is 0 Å². The van der Waals surface area contributed by atoms with Crippen LogP contribution < -0.4 is 10.6 Å². The smallest absolute Gasteiger partial charge is 0.222 e. The summed E-state index contributed by atoms with van der Waals surface area (Å²) in [4.78, 5) is 24.5. The van der Waals surface area contributed by atoms with Gasteiger partial charge in [-0.25, -0.2) is 0 Å². The van der Waals surface area contributed by atoms with E-state index in [9.17, 15) is 9.59 Å². The van der Waals surface area contributed by atoms with Crippen molar-refractivity contribution in [1.29, 1.82) is 0 Å². The summed E-state index contributed by atoms with van der Waals surface area (Å²) in [5, 5.41) is 10.2. The van der Waals surface area contributed by atoms with Gasteiger partial charge in [-0.15, -0.1) is 0 Å². The molecule has 2 amide bonds. The molecule has 35 heavy (non-hydrogen) atoms. The summed E-state index contributed by atoms with van der Waals surface area (Å²) >= 11 is 0. The highest BCUT2D eigenvalue weighted by Gasteiger charge is 2.17. The molecule has 0 aliphatic heterocycles. The second-order valence-electron chi connectivity index (χ2n) is 8.70. The van der Waals surface area contributed by atoms with Crippen LogP contribution in [0.25, 0.3) is 11.1 Å². The Bertz CT molecular complexity index is 1260. The minimum atomic E-state index is -0.370. The van der Waals surface area contributed by atoms with E-state index in [4.69, 9.17) is 0 Å². The van der Waals surface area contributed by atoms with Crippen LogP contribution in [0.15, 0.2) is 91.3 Å². The van der Waals surface area contributed by atoms with E-state index < -0.39 is 0 Å². The highest BCUT2D eigenvalue weighted by atomic mass is 16.2. The number of benzene rings is 3. The van der Waals surface area contributed by atoms with Gasteiger partial charge in [0.15, 0.2) is 0 Å². The second kappa shape index (κ2) is 11.3. The Labute approximate surface area is 206 Å². The average Bonchev–Trinajstić information content (AvgIpc) is 3.36.